The zero-order chi connectivity index (χ0) is 23.2. The van der Waals surface area contributed by atoms with Gasteiger partial charge in [-0.3, -0.25) is 4.79 Å². The Labute approximate surface area is 198 Å². The Hall–Kier alpha value is -4.00. The van der Waals surface area contributed by atoms with Gasteiger partial charge in [0.05, 0.1) is 5.69 Å². The zero-order valence-electron chi connectivity index (χ0n) is 19.2. The fraction of sp³-hybridized carbons (Fsp3) is 0.259. The molecule has 1 unspecified atom stereocenters. The van der Waals surface area contributed by atoms with Gasteiger partial charge in [-0.1, -0.05) is 31.2 Å². The number of nitrogens with zero attached hydrogens (tertiary/aromatic N) is 4. The number of amides is 1. The van der Waals surface area contributed by atoms with Crippen molar-refractivity contribution in [3.8, 4) is 22.6 Å². The Kier molecular flexibility index (Phi) is 4.90. The van der Waals surface area contributed by atoms with Gasteiger partial charge in [-0.2, -0.15) is 0 Å². The molecule has 0 radical (unpaired) electrons. The van der Waals surface area contributed by atoms with E-state index in [-0.39, 0.29) is 11.8 Å². The number of hydrogen-bond acceptors (Lipinski definition) is 5. The fourth-order valence-electron chi connectivity index (χ4n) is 4.55. The molecule has 2 aliphatic rings. The number of anilines is 2. The van der Waals surface area contributed by atoms with Crippen molar-refractivity contribution in [1.82, 2.24) is 24.8 Å². The number of rotatable bonds is 5. The van der Waals surface area contributed by atoms with Gasteiger partial charge in [-0.25, -0.2) is 15.0 Å². The van der Waals surface area contributed by atoms with Crippen LogP contribution in [0.4, 0.5) is 11.5 Å². The van der Waals surface area contributed by atoms with Crippen LogP contribution in [-0.2, 0) is 7.05 Å². The third kappa shape index (κ3) is 3.83. The number of carbonyl (C=O) groups is 1. The molecule has 1 saturated carbocycles. The first kappa shape index (κ1) is 20.6. The summed E-state index contributed by atoms with van der Waals surface area (Å²) in [7, 11) is 2.07. The van der Waals surface area contributed by atoms with Crippen LogP contribution in [0.2, 0.25) is 0 Å². The van der Waals surface area contributed by atoms with Crippen LogP contribution in [-0.4, -0.2) is 32.0 Å². The summed E-state index contributed by atoms with van der Waals surface area (Å²) in [6.07, 6.45) is 6.34. The second kappa shape index (κ2) is 8.09. The summed E-state index contributed by atoms with van der Waals surface area (Å²) in [6, 6.07) is 15.9. The fourth-order valence-corrected chi connectivity index (χ4v) is 4.55. The number of fused-ring (bicyclic) bond motifs is 1. The lowest BCUT2D eigenvalue weighted by molar-refractivity contribution is 0.0941. The Morgan fingerprint density at radius 1 is 1.03 bits per heavy atom. The van der Waals surface area contributed by atoms with Crippen LogP contribution < -0.4 is 10.6 Å². The molecule has 3 heterocycles. The molecule has 1 aliphatic heterocycles. The minimum absolute atomic E-state index is 0.0121. The average Bonchev–Trinajstić information content (AvgIpc) is 3.63. The summed E-state index contributed by atoms with van der Waals surface area (Å²) in [4.78, 5) is 26.1. The van der Waals surface area contributed by atoms with Gasteiger partial charge in [0.1, 0.15) is 11.6 Å². The van der Waals surface area contributed by atoms with Crippen LogP contribution in [0.15, 0.2) is 60.9 Å². The number of benzene rings is 2. The molecule has 2 aromatic heterocycles. The maximum absolute atomic E-state index is 12.1. The minimum atomic E-state index is -0.0121. The lowest BCUT2D eigenvalue weighted by Crippen LogP contribution is -2.33. The molecule has 2 N–H and O–H groups in total. The topological polar surface area (TPSA) is 84.7 Å². The van der Waals surface area contributed by atoms with Crippen LogP contribution in [0.25, 0.3) is 22.6 Å². The molecular formula is C27H26N6O. The zero-order valence-corrected chi connectivity index (χ0v) is 19.2. The summed E-state index contributed by atoms with van der Waals surface area (Å²) >= 11 is 0. The normalized spacial score (nSPS) is 17.2. The van der Waals surface area contributed by atoms with Crippen molar-refractivity contribution in [2.75, 3.05) is 11.9 Å². The van der Waals surface area contributed by atoms with E-state index in [9.17, 15) is 4.79 Å². The quantitative estimate of drug-likeness (QED) is 0.446. The number of imidazole rings is 1. The van der Waals surface area contributed by atoms with E-state index in [1.54, 1.807) is 6.20 Å². The first-order chi connectivity index (χ1) is 16.5. The highest BCUT2D eigenvalue weighted by molar-refractivity contribution is 5.97. The van der Waals surface area contributed by atoms with Gasteiger partial charge >= 0.3 is 0 Å². The highest BCUT2D eigenvalue weighted by Gasteiger charge is 2.28. The first-order valence-corrected chi connectivity index (χ1v) is 11.7. The Balaban J connectivity index is 1.23. The molecule has 0 bridgehead atoms. The molecule has 4 aromatic rings. The third-order valence-electron chi connectivity index (χ3n) is 6.62. The van der Waals surface area contributed by atoms with Crippen LogP contribution >= 0.6 is 0 Å². The van der Waals surface area contributed by atoms with E-state index in [0.29, 0.717) is 24.1 Å². The van der Waals surface area contributed by atoms with Gasteiger partial charge in [-0.05, 0) is 48.6 Å². The monoisotopic (exact) mass is 450 g/mol. The Bertz CT molecular complexity index is 1390. The van der Waals surface area contributed by atoms with Gasteiger partial charge in [-0.15, -0.1) is 0 Å². The number of aromatic nitrogens is 4. The maximum atomic E-state index is 12.1. The number of aryl methyl sites for hydroxylation is 1. The van der Waals surface area contributed by atoms with Crippen molar-refractivity contribution >= 4 is 17.4 Å². The van der Waals surface area contributed by atoms with Crippen LogP contribution in [0.3, 0.4) is 0 Å². The summed E-state index contributed by atoms with van der Waals surface area (Å²) < 4.78 is 2.15. The molecule has 2 aromatic carbocycles. The largest absolute Gasteiger partial charge is 0.351 e. The van der Waals surface area contributed by atoms with Crippen molar-refractivity contribution in [3.63, 3.8) is 0 Å². The second-order valence-corrected chi connectivity index (χ2v) is 9.25. The van der Waals surface area contributed by atoms with Gasteiger partial charge < -0.3 is 15.2 Å². The predicted octanol–water partition coefficient (Wildman–Crippen LogP) is 5.01. The van der Waals surface area contributed by atoms with Crippen LogP contribution in [0, 0.1) is 0 Å². The summed E-state index contributed by atoms with van der Waals surface area (Å²) in [5.74, 6) is 3.42. The molecule has 170 valence electrons. The smallest absolute Gasteiger partial charge is 0.251 e. The third-order valence-corrected chi connectivity index (χ3v) is 6.62. The first-order valence-electron chi connectivity index (χ1n) is 11.7. The van der Waals surface area contributed by atoms with Crippen molar-refractivity contribution in [2.45, 2.75) is 31.6 Å². The molecular weight excluding hydrogens is 424 g/mol. The standard InChI is InChI=1S/C27H26N6O/c1-16-14-29-27(34)21-10-9-20(13-22(16)21)30-24-11-12-28-25(32-24)18-5-3-17(4-6-18)23-15-33(2)26(31-23)19-7-8-19/h3-6,9-13,15-16,19H,7-8,14H2,1-2H3,(H,29,34)(H,28,30,32). The van der Waals surface area contributed by atoms with E-state index >= 15 is 0 Å². The maximum Gasteiger partial charge on any atom is 0.251 e. The van der Waals surface area contributed by atoms with Crippen molar-refractivity contribution < 1.29 is 4.79 Å². The molecule has 34 heavy (non-hydrogen) atoms. The molecule has 7 nitrogen and oxygen atoms in total. The Morgan fingerprint density at radius 2 is 1.82 bits per heavy atom. The van der Waals surface area contributed by atoms with Crippen molar-refractivity contribution in [2.24, 2.45) is 7.05 Å². The van der Waals surface area contributed by atoms with Gasteiger partial charge in [0.2, 0.25) is 0 Å². The summed E-state index contributed by atoms with van der Waals surface area (Å²) in [6.45, 7) is 2.77. The molecule has 1 atom stereocenters. The lowest BCUT2D eigenvalue weighted by Gasteiger charge is -2.23. The second-order valence-electron chi connectivity index (χ2n) is 9.25. The molecule has 1 amide bonds. The molecule has 1 fully saturated rings. The summed E-state index contributed by atoms with van der Waals surface area (Å²) in [5.41, 5.74) is 5.74. The molecule has 0 spiro atoms. The Morgan fingerprint density at radius 3 is 2.62 bits per heavy atom. The minimum Gasteiger partial charge on any atom is -0.351 e. The molecule has 6 rings (SSSR count). The van der Waals surface area contributed by atoms with Crippen LogP contribution in [0.5, 0.6) is 0 Å². The van der Waals surface area contributed by atoms with Crippen LogP contribution in [0.1, 0.15) is 53.3 Å². The van der Waals surface area contributed by atoms with E-state index in [4.69, 9.17) is 9.97 Å². The summed E-state index contributed by atoms with van der Waals surface area (Å²) in [5, 5.41) is 6.29. The molecule has 0 saturated heterocycles. The molecule has 7 heteroatoms. The number of carbonyl (C=O) groups excluding carboxylic acids is 1. The number of hydrogen-bond donors (Lipinski definition) is 2. The van der Waals surface area contributed by atoms with Crippen molar-refractivity contribution in [3.05, 3.63) is 77.9 Å². The van der Waals surface area contributed by atoms with Crippen molar-refractivity contribution in [1.29, 1.82) is 0 Å². The number of nitrogens with one attached hydrogen (secondary N) is 2. The lowest BCUT2D eigenvalue weighted by atomic mass is 9.91. The van der Waals surface area contributed by atoms with E-state index in [1.807, 2.05) is 36.4 Å². The molecule has 1 aliphatic carbocycles. The predicted molar refractivity (Wildman–Crippen MR) is 132 cm³/mol. The SMILES string of the molecule is CC1CNC(=O)c2ccc(Nc3ccnc(-c4ccc(-c5cn(C)c(C6CC6)n5)cc4)n3)cc21. The average molecular weight is 451 g/mol. The van der Waals surface area contributed by atoms with E-state index in [1.165, 1.54) is 18.7 Å². The van der Waals surface area contributed by atoms with E-state index in [2.05, 4.69) is 52.5 Å². The highest BCUT2D eigenvalue weighted by Crippen LogP contribution is 2.40. The van der Waals surface area contributed by atoms with Gasteiger partial charge in [0, 0.05) is 54.3 Å². The highest BCUT2D eigenvalue weighted by atomic mass is 16.1. The van der Waals surface area contributed by atoms with Gasteiger partial charge in [0.25, 0.3) is 5.91 Å². The van der Waals surface area contributed by atoms with Gasteiger partial charge in [0.15, 0.2) is 5.82 Å². The van der Waals surface area contributed by atoms with E-state index in [0.717, 1.165) is 33.6 Å². The van der Waals surface area contributed by atoms with E-state index < -0.39 is 0 Å².